The zero-order valence-corrected chi connectivity index (χ0v) is 14.7. The molecular weight excluding hydrogens is 355 g/mol. The maximum Gasteiger partial charge on any atom is 0.236 e. The van der Waals surface area contributed by atoms with E-state index in [4.69, 9.17) is 0 Å². The number of sulfonamides is 2. The molecule has 9 heteroatoms. The predicted octanol–water partition coefficient (Wildman–Crippen LogP) is 2.16. The van der Waals surface area contributed by atoms with Gasteiger partial charge in [0.15, 0.2) is 0 Å². The molecule has 0 radical (unpaired) electrons. The van der Waals surface area contributed by atoms with Crippen LogP contribution in [-0.4, -0.2) is 30.1 Å². The summed E-state index contributed by atoms with van der Waals surface area (Å²) in [5.41, 5.74) is 1.01. The minimum absolute atomic E-state index is 0.241. The molecule has 2 rings (SSSR count). The first kappa shape index (κ1) is 18.2. The van der Waals surface area contributed by atoms with E-state index in [1.54, 1.807) is 12.1 Å². The highest BCUT2D eigenvalue weighted by Gasteiger charge is 2.15. The molecule has 0 aliphatic carbocycles. The number of anilines is 2. The molecule has 1 N–H and O–H groups in total. The molecule has 0 aliphatic rings. The van der Waals surface area contributed by atoms with Gasteiger partial charge in [0.05, 0.1) is 23.4 Å². The van der Waals surface area contributed by atoms with Crippen molar-refractivity contribution >= 4 is 31.4 Å². The average molecular weight is 372 g/mol. The highest BCUT2D eigenvalue weighted by Crippen LogP contribution is 2.21. The van der Waals surface area contributed by atoms with E-state index in [-0.39, 0.29) is 11.4 Å². The first-order chi connectivity index (χ1) is 11.1. The van der Waals surface area contributed by atoms with Crippen LogP contribution >= 0.6 is 0 Å². The van der Waals surface area contributed by atoms with Gasteiger partial charge >= 0.3 is 0 Å². The van der Waals surface area contributed by atoms with E-state index in [0.717, 1.165) is 10.6 Å². The van der Waals surface area contributed by atoms with Gasteiger partial charge in [-0.05, 0) is 35.9 Å². The molecule has 0 heterocycles. The Kier molecular flexibility index (Phi) is 5.14. The third kappa shape index (κ3) is 4.93. The van der Waals surface area contributed by atoms with E-state index >= 15 is 0 Å². The topological polar surface area (TPSA) is 83.6 Å². The Morgan fingerprint density at radius 3 is 2.25 bits per heavy atom. The SMILES string of the molecule is CN(c1cccc(NS(=O)(=O)Cc2ccc(F)cc2)c1)S(C)(=O)=O. The fourth-order valence-electron chi connectivity index (χ4n) is 1.97. The van der Waals surface area contributed by atoms with E-state index in [0.29, 0.717) is 11.3 Å². The molecule has 0 fully saturated rings. The van der Waals surface area contributed by atoms with Crippen molar-refractivity contribution in [2.45, 2.75) is 5.75 Å². The molecule has 130 valence electrons. The summed E-state index contributed by atoms with van der Waals surface area (Å²) in [5.74, 6) is -0.764. The third-order valence-corrected chi connectivity index (χ3v) is 5.72. The van der Waals surface area contributed by atoms with Crippen molar-refractivity contribution in [3.63, 3.8) is 0 Å². The number of rotatable bonds is 6. The maximum atomic E-state index is 12.9. The quantitative estimate of drug-likeness (QED) is 0.842. The molecule has 0 saturated heterocycles. The summed E-state index contributed by atoms with van der Waals surface area (Å²) in [6.45, 7) is 0. The Morgan fingerprint density at radius 1 is 1.04 bits per heavy atom. The van der Waals surface area contributed by atoms with Gasteiger partial charge in [0, 0.05) is 7.05 Å². The van der Waals surface area contributed by atoms with Gasteiger partial charge in [-0.1, -0.05) is 18.2 Å². The zero-order chi connectivity index (χ0) is 18.0. The Hall–Kier alpha value is -2.13. The van der Waals surface area contributed by atoms with E-state index in [1.807, 2.05) is 0 Å². The van der Waals surface area contributed by atoms with E-state index in [1.165, 1.54) is 43.4 Å². The van der Waals surface area contributed by atoms with Gasteiger partial charge in [-0.2, -0.15) is 0 Å². The third-order valence-electron chi connectivity index (χ3n) is 3.25. The summed E-state index contributed by atoms with van der Waals surface area (Å²) in [6.07, 6.45) is 1.05. The molecule has 0 amide bonds. The van der Waals surface area contributed by atoms with Crippen LogP contribution in [0.2, 0.25) is 0 Å². The standard InChI is InChI=1S/C15H17FN2O4S2/c1-18(23(2,19)20)15-5-3-4-14(10-15)17-24(21,22)11-12-6-8-13(16)9-7-12/h3-10,17H,11H2,1-2H3. The molecule has 0 aliphatic heterocycles. The van der Waals surface area contributed by atoms with Crippen LogP contribution in [-0.2, 0) is 25.8 Å². The number of hydrogen-bond donors (Lipinski definition) is 1. The van der Waals surface area contributed by atoms with Gasteiger partial charge in [-0.3, -0.25) is 9.03 Å². The highest BCUT2D eigenvalue weighted by molar-refractivity contribution is 7.92. The van der Waals surface area contributed by atoms with Crippen LogP contribution in [0.4, 0.5) is 15.8 Å². The predicted molar refractivity (Wildman–Crippen MR) is 92.3 cm³/mol. The average Bonchev–Trinajstić information content (AvgIpc) is 2.47. The molecule has 0 aromatic heterocycles. The Balaban J connectivity index is 2.19. The maximum absolute atomic E-state index is 12.9. The number of benzene rings is 2. The molecule has 2 aromatic carbocycles. The lowest BCUT2D eigenvalue weighted by atomic mass is 10.2. The fourth-order valence-corrected chi connectivity index (χ4v) is 3.66. The summed E-state index contributed by atoms with van der Waals surface area (Å²) in [7, 11) is -5.79. The molecule has 0 saturated carbocycles. The van der Waals surface area contributed by atoms with Gasteiger partial charge in [0.2, 0.25) is 20.0 Å². The van der Waals surface area contributed by atoms with Crippen molar-refractivity contribution in [2.75, 3.05) is 22.3 Å². The van der Waals surface area contributed by atoms with E-state index in [2.05, 4.69) is 4.72 Å². The molecular formula is C15H17FN2O4S2. The molecule has 2 aromatic rings. The summed E-state index contributed by atoms with van der Waals surface area (Å²) in [4.78, 5) is 0. The first-order valence-corrected chi connectivity index (χ1v) is 10.4. The second-order valence-corrected chi connectivity index (χ2v) is 9.00. The lowest BCUT2D eigenvalue weighted by Crippen LogP contribution is -2.25. The van der Waals surface area contributed by atoms with Crippen molar-refractivity contribution in [1.29, 1.82) is 0 Å². The minimum atomic E-state index is -3.72. The number of hydrogen-bond acceptors (Lipinski definition) is 4. The van der Waals surface area contributed by atoms with Crippen LogP contribution in [0.1, 0.15) is 5.56 Å². The van der Waals surface area contributed by atoms with Crippen molar-refractivity contribution in [3.8, 4) is 0 Å². The second-order valence-electron chi connectivity index (χ2n) is 5.27. The monoisotopic (exact) mass is 372 g/mol. The van der Waals surface area contributed by atoms with Gasteiger partial charge in [-0.25, -0.2) is 21.2 Å². The first-order valence-electron chi connectivity index (χ1n) is 6.86. The number of halogens is 1. The van der Waals surface area contributed by atoms with Crippen molar-refractivity contribution < 1.29 is 21.2 Å². The molecule has 0 atom stereocenters. The van der Waals surface area contributed by atoms with Crippen LogP contribution in [0.5, 0.6) is 0 Å². The van der Waals surface area contributed by atoms with Gasteiger partial charge in [0.1, 0.15) is 5.82 Å². The Morgan fingerprint density at radius 2 is 1.67 bits per heavy atom. The van der Waals surface area contributed by atoms with E-state index < -0.39 is 25.9 Å². The number of nitrogens with zero attached hydrogens (tertiary/aromatic N) is 1. The lowest BCUT2D eigenvalue weighted by molar-refractivity contribution is 0.598. The summed E-state index contributed by atoms with van der Waals surface area (Å²) < 4.78 is 63.8. The molecule has 24 heavy (non-hydrogen) atoms. The van der Waals surface area contributed by atoms with Crippen LogP contribution in [0, 0.1) is 5.82 Å². The zero-order valence-electron chi connectivity index (χ0n) is 13.1. The molecule has 0 spiro atoms. The normalized spacial score (nSPS) is 12.0. The summed E-state index contributed by atoms with van der Waals surface area (Å²) in [5, 5.41) is 0. The largest absolute Gasteiger partial charge is 0.283 e. The van der Waals surface area contributed by atoms with Crippen molar-refractivity contribution in [3.05, 3.63) is 59.9 Å². The van der Waals surface area contributed by atoms with Crippen molar-refractivity contribution in [1.82, 2.24) is 0 Å². The van der Waals surface area contributed by atoms with Crippen LogP contribution in [0.25, 0.3) is 0 Å². The van der Waals surface area contributed by atoms with Crippen LogP contribution in [0.15, 0.2) is 48.5 Å². The smallest absolute Gasteiger partial charge is 0.236 e. The van der Waals surface area contributed by atoms with E-state index in [9.17, 15) is 21.2 Å². The van der Waals surface area contributed by atoms with Crippen LogP contribution < -0.4 is 9.03 Å². The lowest BCUT2D eigenvalue weighted by Gasteiger charge is -2.17. The fraction of sp³-hybridized carbons (Fsp3) is 0.200. The Labute approximate surface area is 141 Å². The highest BCUT2D eigenvalue weighted by atomic mass is 32.2. The van der Waals surface area contributed by atoms with Gasteiger partial charge in [0.25, 0.3) is 0 Å². The second kappa shape index (κ2) is 6.78. The number of nitrogens with one attached hydrogen (secondary N) is 1. The minimum Gasteiger partial charge on any atom is -0.283 e. The summed E-state index contributed by atoms with van der Waals surface area (Å²) >= 11 is 0. The van der Waals surface area contributed by atoms with Gasteiger partial charge in [-0.15, -0.1) is 0 Å². The molecule has 0 bridgehead atoms. The summed E-state index contributed by atoms with van der Waals surface area (Å²) in [6, 6.07) is 11.2. The molecule has 6 nitrogen and oxygen atoms in total. The van der Waals surface area contributed by atoms with Gasteiger partial charge < -0.3 is 0 Å². The van der Waals surface area contributed by atoms with Crippen LogP contribution in [0.3, 0.4) is 0 Å². The van der Waals surface area contributed by atoms with Crippen molar-refractivity contribution in [2.24, 2.45) is 0 Å². The molecule has 0 unspecified atom stereocenters. The Bertz CT molecular complexity index is 926.